The maximum Gasteiger partial charge on any atom is 0.0685 e. The molecule has 0 saturated carbocycles. The van der Waals surface area contributed by atoms with Gasteiger partial charge in [-0.3, -0.25) is 5.10 Å². The van der Waals surface area contributed by atoms with Crippen molar-refractivity contribution in [1.82, 2.24) is 10.2 Å². The molecule has 1 heterocycles. The van der Waals surface area contributed by atoms with Gasteiger partial charge in [0.2, 0.25) is 0 Å². The second-order valence-corrected chi connectivity index (χ2v) is 4.49. The van der Waals surface area contributed by atoms with Gasteiger partial charge in [0.15, 0.2) is 0 Å². The van der Waals surface area contributed by atoms with Gasteiger partial charge in [-0.25, -0.2) is 0 Å². The summed E-state index contributed by atoms with van der Waals surface area (Å²) in [5.41, 5.74) is 13.1. The molecule has 0 unspecified atom stereocenters. The number of H-pyrrole nitrogens is 1. The van der Waals surface area contributed by atoms with Crippen molar-refractivity contribution in [3.63, 3.8) is 0 Å². The Morgan fingerprint density at radius 1 is 1.18 bits per heavy atom. The first-order chi connectivity index (χ1) is 8.15. The van der Waals surface area contributed by atoms with E-state index in [1.807, 2.05) is 6.20 Å². The third-order valence-corrected chi connectivity index (χ3v) is 3.46. The van der Waals surface area contributed by atoms with E-state index in [0.717, 1.165) is 12.1 Å². The second kappa shape index (κ2) is 4.72. The molecule has 0 fully saturated rings. The van der Waals surface area contributed by atoms with E-state index in [0.29, 0.717) is 6.54 Å². The van der Waals surface area contributed by atoms with Gasteiger partial charge < -0.3 is 5.73 Å². The van der Waals surface area contributed by atoms with Crippen molar-refractivity contribution in [2.24, 2.45) is 5.73 Å². The quantitative estimate of drug-likeness (QED) is 0.849. The summed E-state index contributed by atoms with van der Waals surface area (Å²) in [6.07, 6.45) is 2.73. The van der Waals surface area contributed by atoms with Crippen LogP contribution in [0.2, 0.25) is 0 Å². The molecule has 0 amide bonds. The van der Waals surface area contributed by atoms with E-state index in [9.17, 15) is 0 Å². The van der Waals surface area contributed by atoms with Crippen LogP contribution in [0.3, 0.4) is 0 Å². The minimum atomic E-state index is 0.649. The first-order valence-electron chi connectivity index (χ1n) is 5.94. The van der Waals surface area contributed by atoms with Crippen LogP contribution < -0.4 is 5.73 Å². The molecule has 0 bridgehead atoms. The lowest BCUT2D eigenvalue weighted by molar-refractivity contribution is 0.971. The number of hydrogen-bond acceptors (Lipinski definition) is 2. The van der Waals surface area contributed by atoms with Crippen molar-refractivity contribution in [2.75, 3.05) is 6.54 Å². The predicted octanol–water partition coefficient (Wildman–Crippen LogP) is 2.50. The third-order valence-electron chi connectivity index (χ3n) is 3.46. The molecule has 0 aliphatic rings. The molecule has 3 N–H and O–H groups in total. The number of aromatic amines is 1. The van der Waals surface area contributed by atoms with Crippen molar-refractivity contribution in [3.8, 4) is 11.3 Å². The summed E-state index contributed by atoms with van der Waals surface area (Å²) in [4.78, 5) is 0. The highest BCUT2D eigenvalue weighted by Gasteiger charge is 2.11. The molecule has 17 heavy (non-hydrogen) atoms. The molecule has 3 nitrogen and oxygen atoms in total. The summed E-state index contributed by atoms with van der Waals surface area (Å²) in [6, 6.07) is 4.32. The number of rotatable bonds is 3. The van der Waals surface area contributed by atoms with Crippen LogP contribution in [0.5, 0.6) is 0 Å². The smallest absolute Gasteiger partial charge is 0.0685 e. The Hall–Kier alpha value is -1.61. The lowest BCUT2D eigenvalue weighted by atomic mass is 9.95. The van der Waals surface area contributed by atoms with Gasteiger partial charge in [-0.15, -0.1) is 0 Å². The molecule has 1 aromatic carbocycles. The third kappa shape index (κ3) is 2.11. The topological polar surface area (TPSA) is 54.7 Å². The fraction of sp³-hybridized carbons (Fsp3) is 0.357. The Morgan fingerprint density at radius 2 is 1.94 bits per heavy atom. The first kappa shape index (κ1) is 11.9. The zero-order valence-corrected chi connectivity index (χ0v) is 10.7. The highest BCUT2D eigenvalue weighted by molar-refractivity contribution is 5.68. The number of nitrogens with zero attached hydrogens (tertiary/aromatic N) is 1. The highest BCUT2D eigenvalue weighted by atomic mass is 15.1. The predicted molar refractivity (Wildman–Crippen MR) is 71.0 cm³/mol. The van der Waals surface area contributed by atoms with Gasteiger partial charge in [0.1, 0.15) is 0 Å². The van der Waals surface area contributed by atoms with Crippen LogP contribution in [0.25, 0.3) is 11.3 Å². The Kier molecular flexibility index (Phi) is 3.29. The monoisotopic (exact) mass is 229 g/mol. The van der Waals surface area contributed by atoms with Crippen molar-refractivity contribution in [3.05, 3.63) is 40.6 Å². The number of benzene rings is 1. The summed E-state index contributed by atoms with van der Waals surface area (Å²) in [5.74, 6) is 0. The first-order valence-corrected chi connectivity index (χ1v) is 5.94. The summed E-state index contributed by atoms with van der Waals surface area (Å²) >= 11 is 0. The van der Waals surface area contributed by atoms with Crippen LogP contribution >= 0.6 is 0 Å². The fourth-order valence-corrected chi connectivity index (χ4v) is 2.12. The molecule has 0 aliphatic carbocycles. The van der Waals surface area contributed by atoms with Crippen LogP contribution in [0, 0.1) is 20.8 Å². The molecule has 0 spiro atoms. The van der Waals surface area contributed by atoms with Crippen molar-refractivity contribution < 1.29 is 0 Å². The van der Waals surface area contributed by atoms with Crippen LogP contribution in [-0.4, -0.2) is 16.7 Å². The number of aryl methyl sites for hydroxylation is 1. The second-order valence-electron chi connectivity index (χ2n) is 4.49. The van der Waals surface area contributed by atoms with Gasteiger partial charge in [-0.05, 0) is 56.0 Å². The average molecular weight is 229 g/mol. The van der Waals surface area contributed by atoms with Gasteiger partial charge in [0, 0.05) is 5.56 Å². The Bertz CT molecular complexity index is 526. The van der Waals surface area contributed by atoms with Gasteiger partial charge in [-0.2, -0.15) is 5.10 Å². The summed E-state index contributed by atoms with van der Waals surface area (Å²) < 4.78 is 0. The van der Waals surface area contributed by atoms with Gasteiger partial charge in [-0.1, -0.05) is 12.1 Å². The molecule has 0 atom stereocenters. The zero-order valence-electron chi connectivity index (χ0n) is 10.7. The normalized spacial score (nSPS) is 10.8. The number of nitrogens with two attached hydrogens (primary N) is 1. The fourth-order valence-electron chi connectivity index (χ4n) is 2.12. The highest BCUT2D eigenvalue weighted by Crippen LogP contribution is 2.28. The molecule has 0 saturated heterocycles. The standard InChI is InChI=1S/C14H19N3/c1-9-4-5-13(11(3)10(9)2)14-12(6-7-15)8-16-17-14/h4-5,8H,6-7,15H2,1-3H3,(H,16,17). The van der Waals surface area contributed by atoms with Gasteiger partial charge in [0.25, 0.3) is 0 Å². The van der Waals surface area contributed by atoms with Crippen molar-refractivity contribution >= 4 is 0 Å². The molecule has 2 rings (SSSR count). The molecule has 0 radical (unpaired) electrons. The van der Waals surface area contributed by atoms with E-state index < -0.39 is 0 Å². The molecule has 1 aromatic heterocycles. The zero-order chi connectivity index (χ0) is 12.4. The van der Waals surface area contributed by atoms with E-state index in [4.69, 9.17) is 5.73 Å². The van der Waals surface area contributed by atoms with E-state index in [1.165, 1.54) is 27.8 Å². The summed E-state index contributed by atoms with van der Waals surface area (Å²) in [5, 5.41) is 7.22. The Balaban J connectivity index is 2.53. The lowest BCUT2D eigenvalue weighted by Gasteiger charge is -2.11. The number of aromatic nitrogens is 2. The van der Waals surface area contributed by atoms with E-state index in [2.05, 4.69) is 43.1 Å². The van der Waals surface area contributed by atoms with Gasteiger partial charge >= 0.3 is 0 Å². The average Bonchev–Trinajstić information content (AvgIpc) is 2.75. The molecule has 90 valence electrons. The van der Waals surface area contributed by atoms with E-state index in [1.54, 1.807) is 0 Å². The maximum absolute atomic E-state index is 5.62. The van der Waals surface area contributed by atoms with Crippen LogP contribution in [0.1, 0.15) is 22.3 Å². The lowest BCUT2D eigenvalue weighted by Crippen LogP contribution is -2.03. The van der Waals surface area contributed by atoms with Crippen LogP contribution in [0.15, 0.2) is 18.3 Å². The minimum Gasteiger partial charge on any atom is -0.330 e. The number of hydrogen-bond donors (Lipinski definition) is 2. The SMILES string of the molecule is Cc1ccc(-c2[nH]ncc2CCN)c(C)c1C. The maximum atomic E-state index is 5.62. The van der Waals surface area contributed by atoms with Crippen molar-refractivity contribution in [1.29, 1.82) is 0 Å². The summed E-state index contributed by atoms with van der Waals surface area (Å²) in [6.45, 7) is 7.11. The molecule has 3 heteroatoms. The Morgan fingerprint density at radius 3 is 2.65 bits per heavy atom. The molecular weight excluding hydrogens is 210 g/mol. The van der Waals surface area contributed by atoms with Crippen LogP contribution in [0.4, 0.5) is 0 Å². The molecule has 0 aliphatic heterocycles. The molecular formula is C14H19N3. The van der Waals surface area contributed by atoms with E-state index >= 15 is 0 Å². The minimum absolute atomic E-state index is 0.649. The largest absolute Gasteiger partial charge is 0.330 e. The summed E-state index contributed by atoms with van der Waals surface area (Å²) in [7, 11) is 0. The van der Waals surface area contributed by atoms with Crippen LogP contribution in [-0.2, 0) is 6.42 Å². The molecule has 2 aromatic rings. The van der Waals surface area contributed by atoms with Gasteiger partial charge in [0.05, 0.1) is 11.9 Å². The van der Waals surface area contributed by atoms with Crippen molar-refractivity contribution in [2.45, 2.75) is 27.2 Å². The Labute approximate surface area is 102 Å². The number of nitrogens with one attached hydrogen (secondary N) is 1. The van der Waals surface area contributed by atoms with E-state index in [-0.39, 0.29) is 0 Å².